The number of nitrogens with zero attached hydrogens (tertiary/aromatic N) is 1. The molecule has 0 aliphatic rings. The van der Waals surface area contributed by atoms with Crippen molar-refractivity contribution >= 4 is 40.3 Å². The molecule has 3 aromatic carbocycles. The van der Waals surface area contributed by atoms with Gasteiger partial charge in [0.1, 0.15) is 0 Å². The van der Waals surface area contributed by atoms with Crippen molar-refractivity contribution in [3.05, 3.63) is 88.9 Å². The van der Waals surface area contributed by atoms with Crippen LogP contribution in [-0.4, -0.2) is 0 Å². The number of hydrogen-bond acceptors (Lipinski definition) is 2. The maximum atomic E-state index is 5.99. The maximum Gasteiger partial charge on any atom is 0.0631 e. The van der Waals surface area contributed by atoms with Crippen LogP contribution in [-0.2, 0) is 0 Å². The van der Waals surface area contributed by atoms with Crippen molar-refractivity contribution in [2.75, 3.05) is 10.4 Å². The van der Waals surface area contributed by atoms with Gasteiger partial charge in [0.05, 0.1) is 17.1 Å². The molecule has 0 atom stereocenters. The molecule has 0 aliphatic heterocycles. The van der Waals surface area contributed by atoms with Gasteiger partial charge in [0, 0.05) is 10.0 Å². The SMILES string of the molecule is Clc1ccc(NN(c2ccccc2)c2ccc(Cl)cc2)cc1. The van der Waals surface area contributed by atoms with Crippen LogP contribution in [0.4, 0.5) is 17.1 Å². The van der Waals surface area contributed by atoms with Gasteiger partial charge in [-0.1, -0.05) is 41.4 Å². The quantitative estimate of drug-likeness (QED) is 0.577. The minimum Gasteiger partial charge on any atom is -0.294 e. The summed E-state index contributed by atoms with van der Waals surface area (Å²) in [6.45, 7) is 0. The number of halogens is 2. The van der Waals surface area contributed by atoms with Crippen LogP contribution in [0.25, 0.3) is 0 Å². The van der Waals surface area contributed by atoms with Gasteiger partial charge in [-0.3, -0.25) is 10.4 Å². The van der Waals surface area contributed by atoms with Crippen LogP contribution >= 0.6 is 23.2 Å². The number of anilines is 3. The standard InChI is InChI=1S/C18H14Cl2N2/c19-14-6-10-16(11-7-14)21-22(17-4-2-1-3-5-17)18-12-8-15(20)9-13-18/h1-13,21H. The average molecular weight is 329 g/mol. The number of rotatable bonds is 4. The van der Waals surface area contributed by atoms with Crippen molar-refractivity contribution in [3.8, 4) is 0 Å². The first-order valence-electron chi connectivity index (χ1n) is 6.85. The fourth-order valence-electron chi connectivity index (χ4n) is 2.10. The molecule has 0 spiro atoms. The second-order valence-electron chi connectivity index (χ2n) is 4.77. The fourth-order valence-corrected chi connectivity index (χ4v) is 2.35. The Kier molecular flexibility index (Phi) is 4.52. The van der Waals surface area contributed by atoms with E-state index in [1.807, 2.05) is 83.9 Å². The molecule has 3 rings (SSSR count). The number of para-hydroxylation sites is 1. The first kappa shape index (κ1) is 14.8. The van der Waals surface area contributed by atoms with E-state index in [2.05, 4.69) is 5.43 Å². The monoisotopic (exact) mass is 328 g/mol. The first-order valence-corrected chi connectivity index (χ1v) is 7.61. The molecular weight excluding hydrogens is 315 g/mol. The van der Waals surface area contributed by atoms with Crippen molar-refractivity contribution in [3.63, 3.8) is 0 Å². The summed E-state index contributed by atoms with van der Waals surface area (Å²) in [5, 5.41) is 3.42. The van der Waals surface area contributed by atoms with Crippen LogP contribution in [0, 0.1) is 0 Å². The maximum absolute atomic E-state index is 5.99. The van der Waals surface area contributed by atoms with Crippen LogP contribution in [0.5, 0.6) is 0 Å². The van der Waals surface area contributed by atoms with Crippen LogP contribution < -0.4 is 10.4 Å². The lowest BCUT2D eigenvalue weighted by molar-refractivity contribution is 1.16. The first-order chi connectivity index (χ1) is 10.7. The van der Waals surface area contributed by atoms with E-state index >= 15 is 0 Å². The lowest BCUT2D eigenvalue weighted by Gasteiger charge is -2.26. The van der Waals surface area contributed by atoms with Gasteiger partial charge in [-0.15, -0.1) is 0 Å². The molecule has 0 aromatic heterocycles. The van der Waals surface area contributed by atoms with E-state index in [-0.39, 0.29) is 0 Å². The molecule has 0 aliphatic carbocycles. The molecule has 22 heavy (non-hydrogen) atoms. The number of hydrazine groups is 1. The van der Waals surface area contributed by atoms with Crippen molar-refractivity contribution < 1.29 is 0 Å². The van der Waals surface area contributed by atoms with Crippen LogP contribution in [0.3, 0.4) is 0 Å². The van der Waals surface area contributed by atoms with Crippen LogP contribution in [0.1, 0.15) is 0 Å². The molecule has 2 nitrogen and oxygen atoms in total. The van der Waals surface area contributed by atoms with Gasteiger partial charge in [0.15, 0.2) is 0 Å². The van der Waals surface area contributed by atoms with Crippen molar-refractivity contribution in [2.45, 2.75) is 0 Å². The summed E-state index contributed by atoms with van der Waals surface area (Å²) in [6, 6.07) is 25.3. The second kappa shape index (κ2) is 6.73. The zero-order valence-electron chi connectivity index (χ0n) is 11.7. The summed E-state index contributed by atoms with van der Waals surface area (Å²) in [7, 11) is 0. The van der Waals surface area contributed by atoms with Gasteiger partial charge in [-0.2, -0.15) is 0 Å². The average Bonchev–Trinajstić information content (AvgIpc) is 2.56. The van der Waals surface area contributed by atoms with Gasteiger partial charge >= 0.3 is 0 Å². The molecule has 3 aromatic rings. The summed E-state index contributed by atoms with van der Waals surface area (Å²) in [5.41, 5.74) is 6.36. The van der Waals surface area contributed by atoms with E-state index < -0.39 is 0 Å². The van der Waals surface area contributed by atoms with Gasteiger partial charge < -0.3 is 0 Å². The molecule has 1 N–H and O–H groups in total. The summed E-state index contributed by atoms with van der Waals surface area (Å²) >= 11 is 11.9. The lowest BCUT2D eigenvalue weighted by Crippen LogP contribution is -2.24. The zero-order valence-corrected chi connectivity index (χ0v) is 13.2. The molecule has 0 radical (unpaired) electrons. The Balaban J connectivity index is 1.96. The largest absolute Gasteiger partial charge is 0.294 e. The molecule has 0 bridgehead atoms. The smallest absolute Gasteiger partial charge is 0.0631 e. The molecular formula is C18H14Cl2N2. The highest BCUT2D eigenvalue weighted by molar-refractivity contribution is 6.30. The van der Waals surface area contributed by atoms with Gasteiger partial charge in [0.25, 0.3) is 0 Å². The fraction of sp³-hybridized carbons (Fsp3) is 0. The predicted octanol–water partition coefficient (Wildman–Crippen LogP) is 6.16. The van der Waals surface area contributed by atoms with Crippen molar-refractivity contribution in [2.24, 2.45) is 0 Å². The van der Waals surface area contributed by atoms with Gasteiger partial charge in [-0.25, -0.2) is 0 Å². The summed E-state index contributed by atoms with van der Waals surface area (Å²) < 4.78 is 0. The molecule has 0 unspecified atom stereocenters. The lowest BCUT2D eigenvalue weighted by atomic mass is 10.2. The Hall–Kier alpha value is -2.16. The molecule has 0 heterocycles. The summed E-state index contributed by atoms with van der Waals surface area (Å²) in [6.07, 6.45) is 0. The topological polar surface area (TPSA) is 15.3 Å². The number of nitrogens with one attached hydrogen (secondary N) is 1. The van der Waals surface area contributed by atoms with Gasteiger partial charge in [0.2, 0.25) is 0 Å². The minimum atomic E-state index is 0.711. The van der Waals surface area contributed by atoms with Crippen LogP contribution in [0.2, 0.25) is 10.0 Å². The predicted molar refractivity (Wildman–Crippen MR) is 95.1 cm³/mol. The molecule has 0 saturated heterocycles. The van der Waals surface area contributed by atoms with E-state index in [1.54, 1.807) is 0 Å². The molecule has 0 amide bonds. The van der Waals surface area contributed by atoms with E-state index in [4.69, 9.17) is 23.2 Å². The third-order valence-electron chi connectivity index (χ3n) is 3.18. The van der Waals surface area contributed by atoms with E-state index in [0.29, 0.717) is 10.0 Å². The second-order valence-corrected chi connectivity index (χ2v) is 5.64. The highest BCUT2D eigenvalue weighted by Crippen LogP contribution is 2.27. The molecule has 0 fully saturated rings. The highest BCUT2D eigenvalue weighted by atomic mass is 35.5. The molecule has 0 saturated carbocycles. The number of benzene rings is 3. The van der Waals surface area contributed by atoms with E-state index in [0.717, 1.165) is 17.1 Å². The van der Waals surface area contributed by atoms with Crippen LogP contribution in [0.15, 0.2) is 78.9 Å². The van der Waals surface area contributed by atoms with Crippen molar-refractivity contribution in [1.82, 2.24) is 0 Å². The Labute approximate surface area is 139 Å². The Morgan fingerprint density at radius 1 is 0.591 bits per heavy atom. The van der Waals surface area contributed by atoms with E-state index in [1.165, 1.54) is 0 Å². The Morgan fingerprint density at radius 2 is 1.09 bits per heavy atom. The minimum absolute atomic E-state index is 0.711. The summed E-state index contributed by atoms with van der Waals surface area (Å²) in [4.78, 5) is 0. The molecule has 110 valence electrons. The Morgan fingerprint density at radius 3 is 1.68 bits per heavy atom. The third-order valence-corrected chi connectivity index (χ3v) is 3.69. The third kappa shape index (κ3) is 3.53. The Bertz CT molecular complexity index is 725. The zero-order chi connectivity index (χ0) is 15.4. The molecule has 4 heteroatoms. The number of hydrogen-bond donors (Lipinski definition) is 1. The normalized spacial score (nSPS) is 10.3. The van der Waals surface area contributed by atoms with Gasteiger partial charge in [-0.05, 0) is 60.7 Å². The van der Waals surface area contributed by atoms with E-state index in [9.17, 15) is 0 Å². The summed E-state index contributed by atoms with van der Waals surface area (Å²) in [5.74, 6) is 0. The highest BCUT2D eigenvalue weighted by Gasteiger charge is 2.09. The van der Waals surface area contributed by atoms with Crippen molar-refractivity contribution in [1.29, 1.82) is 0 Å².